The number of benzene rings is 2. The summed E-state index contributed by atoms with van der Waals surface area (Å²) in [5.41, 5.74) is 1.90. The van der Waals surface area contributed by atoms with Crippen LogP contribution in [0.25, 0.3) is 0 Å². The maximum atomic E-state index is 11.9. The van der Waals surface area contributed by atoms with Gasteiger partial charge in [-0.15, -0.1) is 5.10 Å². The molecular formula is C20H22N4O3S2. The summed E-state index contributed by atoms with van der Waals surface area (Å²) in [6.07, 6.45) is 0. The first-order valence-corrected chi connectivity index (χ1v) is 10.1. The largest absolute Gasteiger partial charge is 0.495 e. The van der Waals surface area contributed by atoms with Gasteiger partial charge >= 0.3 is 5.97 Å². The normalized spacial score (nSPS) is 10.7. The third kappa shape index (κ3) is 5.86. The third-order valence-electron chi connectivity index (χ3n) is 4.12. The van der Waals surface area contributed by atoms with E-state index in [2.05, 4.69) is 10.4 Å². The van der Waals surface area contributed by atoms with Crippen LogP contribution in [0.5, 0.6) is 5.75 Å². The number of carbonyl (C=O) groups is 1. The van der Waals surface area contributed by atoms with Gasteiger partial charge in [0.2, 0.25) is 5.13 Å². The van der Waals surface area contributed by atoms with Gasteiger partial charge in [-0.05, 0) is 29.9 Å². The van der Waals surface area contributed by atoms with E-state index in [1.807, 2.05) is 59.5 Å². The van der Waals surface area contributed by atoms with E-state index in [9.17, 15) is 4.79 Å². The Morgan fingerprint density at radius 3 is 2.62 bits per heavy atom. The summed E-state index contributed by atoms with van der Waals surface area (Å²) in [4.78, 5) is 13.8. The predicted octanol–water partition coefficient (Wildman–Crippen LogP) is 4.06. The van der Waals surface area contributed by atoms with E-state index in [0.717, 1.165) is 17.0 Å². The van der Waals surface area contributed by atoms with Gasteiger partial charge in [-0.1, -0.05) is 53.8 Å². The van der Waals surface area contributed by atoms with Crippen molar-refractivity contribution >= 4 is 40.3 Å². The summed E-state index contributed by atoms with van der Waals surface area (Å²) < 4.78 is 12.5. The monoisotopic (exact) mass is 430 g/mol. The second-order valence-corrected chi connectivity index (χ2v) is 7.81. The van der Waals surface area contributed by atoms with Crippen LogP contribution in [0.1, 0.15) is 5.56 Å². The van der Waals surface area contributed by atoms with Gasteiger partial charge < -0.3 is 14.8 Å². The van der Waals surface area contributed by atoms with Crippen molar-refractivity contribution in [3.05, 3.63) is 64.1 Å². The van der Waals surface area contributed by atoms with E-state index in [0.29, 0.717) is 22.3 Å². The zero-order valence-electron chi connectivity index (χ0n) is 16.2. The Balaban J connectivity index is 1.77. The van der Waals surface area contributed by atoms with Crippen molar-refractivity contribution < 1.29 is 14.3 Å². The molecule has 0 aliphatic carbocycles. The van der Waals surface area contributed by atoms with Crippen molar-refractivity contribution in [2.24, 2.45) is 0 Å². The van der Waals surface area contributed by atoms with Gasteiger partial charge in [-0.2, -0.15) is 0 Å². The summed E-state index contributed by atoms with van der Waals surface area (Å²) in [5.74, 6) is 0.409. The molecule has 3 rings (SSSR count). The molecule has 7 nitrogen and oxygen atoms in total. The summed E-state index contributed by atoms with van der Waals surface area (Å²) in [5, 5.41) is 8.46. The Morgan fingerprint density at radius 2 is 1.90 bits per heavy atom. The van der Waals surface area contributed by atoms with Gasteiger partial charge in [0.25, 0.3) is 0 Å². The molecule has 0 aliphatic heterocycles. The summed E-state index contributed by atoms with van der Waals surface area (Å²) >= 11 is 6.84. The molecule has 0 atom stereocenters. The van der Waals surface area contributed by atoms with Crippen molar-refractivity contribution in [3.8, 4) is 5.75 Å². The molecule has 2 aromatic carbocycles. The number of hydrogen-bond acceptors (Lipinski definition) is 8. The zero-order chi connectivity index (χ0) is 20.6. The highest BCUT2D eigenvalue weighted by molar-refractivity contribution is 7.73. The van der Waals surface area contributed by atoms with Crippen LogP contribution < -0.4 is 10.1 Å². The van der Waals surface area contributed by atoms with Crippen molar-refractivity contribution in [1.29, 1.82) is 0 Å². The van der Waals surface area contributed by atoms with E-state index in [4.69, 9.17) is 21.7 Å². The number of aromatic nitrogens is 2. The Morgan fingerprint density at radius 1 is 1.17 bits per heavy atom. The Bertz CT molecular complexity index is 1000. The molecule has 0 fully saturated rings. The minimum atomic E-state index is -0.310. The fourth-order valence-corrected chi connectivity index (χ4v) is 3.75. The highest BCUT2D eigenvalue weighted by atomic mass is 32.1. The SMILES string of the molecule is COC(=O)CN(Cc1ccccc1)Cn1nc(Nc2ccccc2OC)sc1=S. The lowest BCUT2D eigenvalue weighted by atomic mass is 10.2. The summed E-state index contributed by atoms with van der Waals surface area (Å²) in [6.45, 7) is 1.08. The standard InChI is InChI=1S/C20H22N4O3S2/c1-26-17-11-7-6-10-16(17)21-19-22-24(20(28)29-19)14-23(13-18(25)27-2)12-15-8-4-3-5-9-15/h3-11H,12-14H2,1-2H3,(H,21,22). The quantitative estimate of drug-likeness (QED) is 0.406. The van der Waals surface area contributed by atoms with Gasteiger partial charge in [0, 0.05) is 6.54 Å². The van der Waals surface area contributed by atoms with Crippen molar-refractivity contribution in [3.63, 3.8) is 0 Å². The first-order chi connectivity index (χ1) is 14.1. The molecule has 0 aliphatic rings. The number of nitrogens with zero attached hydrogens (tertiary/aromatic N) is 3. The number of anilines is 2. The molecule has 9 heteroatoms. The molecule has 0 saturated heterocycles. The lowest BCUT2D eigenvalue weighted by Crippen LogP contribution is -2.32. The summed E-state index contributed by atoms with van der Waals surface area (Å²) in [6, 6.07) is 17.5. The zero-order valence-corrected chi connectivity index (χ0v) is 17.8. The number of rotatable bonds is 9. The lowest BCUT2D eigenvalue weighted by Gasteiger charge is -2.20. The van der Waals surface area contributed by atoms with E-state index in [-0.39, 0.29) is 12.5 Å². The second kappa shape index (κ2) is 10.1. The van der Waals surface area contributed by atoms with E-state index < -0.39 is 0 Å². The minimum absolute atomic E-state index is 0.139. The molecule has 0 saturated carbocycles. The van der Waals surface area contributed by atoms with Gasteiger partial charge in [-0.3, -0.25) is 9.69 Å². The fourth-order valence-electron chi connectivity index (χ4n) is 2.74. The molecule has 1 aromatic heterocycles. The van der Waals surface area contributed by atoms with Crippen LogP contribution in [0.3, 0.4) is 0 Å². The minimum Gasteiger partial charge on any atom is -0.495 e. The van der Waals surface area contributed by atoms with Gasteiger partial charge in [-0.25, -0.2) is 4.68 Å². The molecule has 1 N–H and O–H groups in total. The van der Waals surface area contributed by atoms with Crippen molar-refractivity contribution in [2.45, 2.75) is 13.2 Å². The molecule has 0 unspecified atom stereocenters. The molecule has 0 amide bonds. The molecule has 29 heavy (non-hydrogen) atoms. The lowest BCUT2D eigenvalue weighted by molar-refractivity contribution is -0.142. The van der Waals surface area contributed by atoms with E-state index in [1.54, 1.807) is 11.8 Å². The number of para-hydroxylation sites is 2. The number of ether oxygens (including phenoxy) is 2. The average Bonchev–Trinajstić information content (AvgIpc) is 3.07. The number of hydrogen-bond donors (Lipinski definition) is 1. The van der Waals surface area contributed by atoms with Gasteiger partial charge in [0.05, 0.1) is 33.1 Å². The highest BCUT2D eigenvalue weighted by Gasteiger charge is 2.15. The average molecular weight is 431 g/mol. The van der Waals surface area contributed by atoms with E-state index in [1.165, 1.54) is 18.4 Å². The molecule has 0 spiro atoms. The van der Waals surface area contributed by atoms with Crippen LogP contribution in [-0.4, -0.2) is 41.4 Å². The molecule has 1 heterocycles. The molecular weight excluding hydrogens is 408 g/mol. The highest BCUT2D eigenvalue weighted by Crippen LogP contribution is 2.28. The maximum absolute atomic E-state index is 11.9. The van der Waals surface area contributed by atoms with Crippen LogP contribution in [0.15, 0.2) is 54.6 Å². The van der Waals surface area contributed by atoms with E-state index >= 15 is 0 Å². The first-order valence-electron chi connectivity index (χ1n) is 8.90. The van der Waals surface area contributed by atoms with Gasteiger partial charge in [0.15, 0.2) is 3.95 Å². The number of methoxy groups -OCH3 is 2. The Kier molecular flexibility index (Phi) is 7.34. The molecule has 0 bridgehead atoms. The third-order valence-corrected chi connectivity index (χ3v) is 5.34. The number of nitrogens with one attached hydrogen (secondary N) is 1. The van der Waals surface area contributed by atoms with Crippen LogP contribution in [-0.2, 0) is 22.7 Å². The number of esters is 1. The molecule has 152 valence electrons. The number of carbonyl (C=O) groups excluding carboxylic acids is 1. The van der Waals surface area contributed by atoms with Crippen LogP contribution in [0, 0.1) is 3.95 Å². The van der Waals surface area contributed by atoms with Gasteiger partial charge in [0.1, 0.15) is 5.75 Å². The van der Waals surface area contributed by atoms with Crippen LogP contribution in [0.2, 0.25) is 0 Å². The first kappa shape index (κ1) is 21.0. The Labute approximate surface area is 178 Å². The maximum Gasteiger partial charge on any atom is 0.319 e. The van der Waals surface area contributed by atoms with Crippen LogP contribution >= 0.6 is 23.6 Å². The van der Waals surface area contributed by atoms with Crippen LogP contribution in [0.4, 0.5) is 10.8 Å². The fraction of sp³-hybridized carbons (Fsp3) is 0.250. The second-order valence-electron chi connectivity index (χ2n) is 6.19. The summed E-state index contributed by atoms with van der Waals surface area (Å²) in [7, 11) is 3.00. The Hall–Kier alpha value is -2.75. The smallest absolute Gasteiger partial charge is 0.319 e. The van der Waals surface area contributed by atoms with Crippen molar-refractivity contribution in [2.75, 3.05) is 26.1 Å². The molecule has 0 radical (unpaired) electrons. The van der Waals surface area contributed by atoms with Crippen molar-refractivity contribution in [1.82, 2.24) is 14.7 Å². The molecule has 3 aromatic rings. The predicted molar refractivity (Wildman–Crippen MR) is 116 cm³/mol. The topological polar surface area (TPSA) is 68.6 Å².